The van der Waals surface area contributed by atoms with Gasteiger partial charge in [0.25, 0.3) is 0 Å². The van der Waals surface area contributed by atoms with Crippen LogP contribution in [0.4, 0.5) is 39.5 Å². The minimum atomic E-state index is -5.03. The maximum Gasteiger partial charge on any atom is 0.416 e. The highest BCUT2D eigenvalue weighted by molar-refractivity contribution is 7.15. The number of alkyl halides is 9. The molecule has 0 aliphatic rings. The van der Waals surface area contributed by atoms with Crippen molar-refractivity contribution in [1.82, 2.24) is 0 Å². The van der Waals surface area contributed by atoms with Gasteiger partial charge in [-0.05, 0) is 15.6 Å². The van der Waals surface area contributed by atoms with E-state index in [2.05, 4.69) is 6.58 Å². The molecule has 0 fully saturated rings. The number of rotatable bonds is 4. The lowest BCUT2D eigenvalue weighted by molar-refractivity contribution is -0.137. The molecule has 10 heteroatoms. The van der Waals surface area contributed by atoms with Gasteiger partial charge in [-0.3, -0.25) is 0 Å². The van der Waals surface area contributed by atoms with Gasteiger partial charge in [0.05, 0.1) is 16.7 Å². The van der Waals surface area contributed by atoms with Crippen molar-refractivity contribution in [1.29, 1.82) is 0 Å². The zero-order valence-corrected chi connectivity index (χ0v) is 17.6. The average molecular weight is 490 g/mol. The summed E-state index contributed by atoms with van der Waals surface area (Å²) in [5, 5.41) is -2.00. The van der Waals surface area contributed by atoms with Gasteiger partial charge in [0.2, 0.25) is 0 Å². The highest BCUT2D eigenvalue weighted by Crippen LogP contribution is 2.35. The summed E-state index contributed by atoms with van der Waals surface area (Å²) in [6.07, 6.45) is -15.1. The zero-order valence-electron chi connectivity index (χ0n) is 16.6. The summed E-state index contributed by atoms with van der Waals surface area (Å²) < 4.78 is 126. The van der Waals surface area contributed by atoms with Crippen LogP contribution in [0.25, 0.3) is 0 Å². The summed E-state index contributed by atoms with van der Waals surface area (Å²) in [7, 11) is -4.76. The summed E-state index contributed by atoms with van der Waals surface area (Å²) in [4.78, 5) is 0. The maximum atomic E-state index is 14.0. The van der Waals surface area contributed by atoms with E-state index in [1.165, 1.54) is 0 Å². The minimum Gasteiger partial charge on any atom is -0.166 e. The standard InChI is InChI=1S/C23H15F9Si/c1-2-33(18-12-6-3-9-15(18)21(24,25)26,19-13-7-4-10-16(19)22(27,28)29)20-14-8-5-11-17(20)23(30,31)32/h2-14H,1H2. The first kappa shape index (κ1) is 24.6. The van der Waals surface area contributed by atoms with E-state index >= 15 is 0 Å². The van der Waals surface area contributed by atoms with Crippen LogP contribution in [-0.2, 0) is 18.5 Å². The van der Waals surface area contributed by atoms with Crippen LogP contribution in [0.15, 0.2) is 85.1 Å². The summed E-state index contributed by atoms with van der Waals surface area (Å²) in [6.45, 7) is 3.49. The van der Waals surface area contributed by atoms with E-state index in [0.717, 1.165) is 60.3 Å². The molecule has 33 heavy (non-hydrogen) atoms. The van der Waals surface area contributed by atoms with Crippen molar-refractivity contribution in [2.75, 3.05) is 0 Å². The van der Waals surface area contributed by atoms with Crippen molar-refractivity contribution in [3.05, 3.63) is 102 Å². The molecular formula is C23H15F9Si. The fraction of sp³-hybridized carbons (Fsp3) is 0.130. The highest BCUT2D eigenvalue weighted by atomic mass is 28.3. The largest absolute Gasteiger partial charge is 0.416 e. The topological polar surface area (TPSA) is 0 Å². The van der Waals surface area contributed by atoms with Crippen LogP contribution in [0.2, 0.25) is 0 Å². The molecule has 0 aliphatic carbocycles. The molecule has 0 aliphatic heterocycles. The molecule has 0 nitrogen and oxygen atoms in total. The molecule has 0 N–H and O–H groups in total. The van der Waals surface area contributed by atoms with Crippen LogP contribution in [0, 0.1) is 0 Å². The molecule has 0 radical (unpaired) electrons. The molecule has 0 amide bonds. The molecule has 3 aromatic carbocycles. The number of benzene rings is 3. The summed E-state index contributed by atoms with van der Waals surface area (Å²) in [5.74, 6) is 0. The van der Waals surface area contributed by atoms with Crippen LogP contribution < -0.4 is 15.6 Å². The Morgan fingerprint density at radius 1 is 0.485 bits per heavy atom. The van der Waals surface area contributed by atoms with Crippen molar-refractivity contribution >= 4 is 23.6 Å². The summed E-state index contributed by atoms with van der Waals surface area (Å²) in [6, 6.07) is 11.3. The predicted octanol–water partition coefficient (Wildman–Crippen LogP) is 5.94. The molecule has 0 heterocycles. The van der Waals surface area contributed by atoms with E-state index in [1.54, 1.807) is 0 Å². The van der Waals surface area contributed by atoms with Gasteiger partial charge in [0, 0.05) is 0 Å². The Hall–Kier alpha value is -3.01. The fourth-order valence-corrected chi connectivity index (χ4v) is 8.54. The quantitative estimate of drug-likeness (QED) is 0.241. The Morgan fingerprint density at radius 3 is 0.939 bits per heavy atom. The first-order valence-corrected chi connectivity index (χ1v) is 11.5. The van der Waals surface area contributed by atoms with Gasteiger partial charge >= 0.3 is 18.5 Å². The van der Waals surface area contributed by atoms with Gasteiger partial charge in [0.1, 0.15) is 0 Å². The van der Waals surface area contributed by atoms with Crippen molar-refractivity contribution < 1.29 is 39.5 Å². The lowest BCUT2D eigenvalue weighted by Crippen LogP contribution is -2.69. The third kappa shape index (κ3) is 4.44. The molecule has 0 bridgehead atoms. The second-order valence-electron chi connectivity index (χ2n) is 7.14. The third-order valence-electron chi connectivity index (χ3n) is 5.28. The van der Waals surface area contributed by atoms with E-state index < -0.39 is 58.9 Å². The molecule has 0 aromatic heterocycles. The molecule has 0 atom stereocenters. The predicted molar refractivity (Wildman–Crippen MR) is 109 cm³/mol. The second kappa shape index (κ2) is 8.40. The fourth-order valence-electron chi connectivity index (χ4n) is 3.99. The van der Waals surface area contributed by atoms with Crippen molar-refractivity contribution in [2.24, 2.45) is 0 Å². The lowest BCUT2D eigenvalue weighted by atomic mass is 10.2. The Morgan fingerprint density at radius 2 is 0.727 bits per heavy atom. The SMILES string of the molecule is C=C[Si](c1ccccc1C(F)(F)F)(c1ccccc1C(F)(F)F)c1ccccc1C(F)(F)F. The first-order valence-electron chi connectivity index (χ1n) is 9.38. The van der Waals surface area contributed by atoms with E-state index in [-0.39, 0.29) is 0 Å². The summed E-state index contributed by atoms with van der Waals surface area (Å²) in [5.41, 5.74) is -3.10. The first-order chi connectivity index (χ1) is 15.2. The molecule has 0 saturated carbocycles. The number of hydrogen-bond acceptors (Lipinski definition) is 0. The van der Waals surface area contributed by atoms with E-state index in [4.69, 9.17) is 0 Å². The highest BCUT2D eigenvalue weighted by Gasteiger charge is 2.51. The third-order valence-corrected chi connectivity index (χ3v) is 9.75. The Kier molecular flexibility index (Phi) is 6.27. The van der Waals surface area contributed by atoms with Crippen LogP contribution in [-0.4, -0.2) is 8.07 Å². The van der Waals surface area contributed by atoms with Crippen LogP contribution >= 0.6 is 0 Å². The molecule has 0 saturated heterocycles. The van der Waals surface area contributed by atoms with Crippen LogP contribution in [0.1, 0.15) is 16.7 Å². The number of halogens is 9. The summed E-state index contributed by atoms with van der Waals surface area (Å²) >= 11 is 0. The van der Waals surface area contributed by atoms with E-state index in [1.807, 2.05) is 0 Å². The lowest BCUT2D eigenvalue weighted by Gasteiger charge is -2.36. The molecular weight excluding hydrogens is 475 g/mol. The van der Waals surface area contributed by atoms with Crippen molar-refractivity contribution in [3.63, 3.8) is 0 Å². The molecule has 174 valence electrons. The van der Waals surface area contributed by atoms with E-state index in [9.17, 15) is 39.5 Å². The molecule has 0 unspecified atom stereocenters. The number of hydrogen-bond donors (Lipinski definition) is 0. The van der Waals surface area contributed by atoms with Crippen molar-refractivity contribution in [2.45, 2.75) is 18.5 Å². The van der Waals surface area contributed by atoms with Crippen LogP contribution in [0.3, 0.4) is 0 Å². The van der Waals surface area contributed by atoms with Gasteiger partial charge in [-0.15, -0.1) is 6.58 Å². The van der Waals surface area contributed by atoms with Gasteiger partial charge in [0.15, 0.2) is 8.07 Å². The molecule has 3 rings (SSSR count). The van der Waals surface area contributed by atoms with Crippen molar-refractivity contribution in [3.8, 4) is 0 Å². The average Bonchev–Trinajstić information content (AvgIpc) is 2.74. The van der Waals surface area contributed by atoms with Gasteiger partial charge < -0.3 is 0 Å². The Balaban J connectivity index is 2.61. The Labute approximate surface area is 184 Å². The molecule has 0 spiro atoms. The normalized spacial score (nSPS) is 13.1. The van der Waals surface area contributed by atoms with Gasteiger partial charge in [-0.25, -0.2) is 0 Å². The van der Waals surface area contributed by atoms with Gasteiger partial charge in [-0.1, -0.05) is 78.5 Å². The van der Waals surface area contributed by atoms with Gasteiger partial charge in [-0.2, -0.15) is 39.5 Å². The van der Waals surface area contributed by atoms with Crippen LogP contribution in [0.5, 0.6) is 0 Å². The van der Waals surface area contributed by atoms with E-state index in [0.29, 0.717) is 18.2 Å². The monoisotopic (exact) mass is 490 g/mol. The molecule has 3 aromatic rings. The second-order valence-corrected chi connectivity index (χ2v) is 10.8. The minimum absolute atomic E-state index is 0.646. The maximum absolute atomic E-state index is 14.0. The zero-order chi connectivity index (χ0) is 24.7. The Bertz CT molecular complexity index is 1020. The smallest absolute Gasteiger partial charge is 0.166 e.